The van der Waals surface area contributed by atoms with Gasteiger partial charge in [-0.3, -0.25) is 9.59 Å². The number of amides is 2. The Morgan fingerprint density at radius 1 is 1.52 bits per heavy atom. The third-order valence-electron chi connectivity index (χ3n) is 3.85. The van der Waals surface area contributed by atoms with Gasteiger partial charge in [0, 0.05) is 32.8 Å². The summed E-state index contributed by atoms with van der Waals surface area (Å²) in [6.45, 7) is 3.76. The zero-order valence-corrected chi connectivity index (χ0v) is 12.4. The summed E-state index contributed by atoms with van der Waals surface area (Å²) in [6.07, 6.45) is 2.73. The highest BCUT2D eigenvalue weighted by molar-refractivity contribution is 5.91. The molecule has 1 unspecified atom stereocenters. The molecule has 1 atom stereocenters. The number of ether oxygens (including phenoxy) is 1. The first-order valence-electron chi connectivity index (χ1n) is 7.12. The Hall–Kier alpha value is -1.89. The number of hydrogen-bond donors (Lipinski definition) is 1. The van der Waals surface area contributed by atoms with E-state index in [0.29, 0.717) is 25.6 Å². The second-order valence-corrected chi connectivity index (χ2v) is 5.24. The molecule has 0 spiro atoms. The lowest BCUT2D eigenvalue weighted by atomic mass is 9.96. The van der Waals surface area contributed by atoms with E-state index in [1.54, 1.807) is 6.92 Å². The third kappa shape index (κ3) is 4.04. The van der Waals surface area contributed by atoms with Crippen molar-refractivity contribution < 1.29 is 18.8 Å². The highest BCUT2D eigenvalue weighted by atomic mass is 16.5. The van der Waals surface area contributed by atoms with Crippen LogP contribution in [0.3, 0.4) is 0 Å². The number of likely N-dealkylation sites (tertiary alicyclic amines) is 1. The fourth-order valence-corrected chi connectivity index (χ4v) is 2.37. The summed E-state index contributed by atoms with van der Waals surface area (Å²) in [5.41, 5.74) is 0.288. The molecule has 1 aliphatic heterocycles. The van der Waals surface area contributed by atoms with Crippen LogP contribution in [-0.2, 0) is 9.53 Å². The van der Waals surface area contributed by atoms with E-state index in [9.17, 15) is 9.59 Å². The SMILES string of the molecule is COC(C)C(=O)N1CCC(CNC(=O)c2ccon2)CC1. The topological polar surface area (TPSA) is 84.7 Å². The van der Waals surface area contributed by atoms with Crippen molar-refractivity contribution in [3.05, 3.63) is 18.0 Å². The number of aromatic nitrogens is 1. The lowest BCUT2D eigenvalue weighted by Gasteiger charge is -2.33. The first-order chi connectivity index (χ1) is 10.1. The minimum Gasteiger partial charge on any atom is -0.372 e. The Bertz CT molecular complexity index is 467. The molecule has 0 bridgehead atoms. The number of piperidine rings is 1. The average Bonchev–Trinajstić information content (AvgIpc) is 3.06. The van der Waals surface area contributed by atoms with Gasteiger partial charge >= 0.3 is 0 Å². The second-order valence-electron chi connectivity index (χ2n) is 5.24. The van der Waals surface area contributed by atoms with Crippen molar-refractivity contribution in [1.82, 2.24) is 15.4 Å². The van der Waals surface area contributed by atoms with Gasteiger partial charge in [-0.05, 0) is 25.7 Å². The molecule has 21 heavy (non-hydrogen) atoms. The molecule has 1 fully saturated rings. The number of carbonyl (C=O) groups excluding carboxylic acids is 2. The quantitative estimate of drug-likeness (QED) is 0.863. The minimum atomic E-state index is -0.395. The molecule has 7 heteroatoms. The fourth-order valence-electron chi connectivity index (χ4n) is 2.37. The van der Waals surface area contributed by atoms with Crippen molar-refractivity contribution in [2.24, 2.45) is 5.92 Å². The maximum Gasteiger partial charge on any atom is 0.273 e. The monoisotopic (exact) mass is 295 g/mol. The normalized spacial score (nSPS) is 17.5. The van der Waals surface area contributed by atoms with Crippen LogP contribution in [0, 0.1) is 5.92 Å². The maximum absolute atomic E-state index is 12.0. The molecule has 2 heterocycles. The standard InChI is InChI=1S/C14H21N3O4/c1-10(20-2)14(19)17-6-3-11(4-7-17)9-15-13(18)12-5-8-21-16-12/h5,8,10-11H,3-4,6-7,9H2,1-2H3,(H,15,18). The van der Waals surface area contributed by atoms with Gasteiger partial charge in [-0.25, -0.2) is 0 Å². The van der Waals surface area contributed by atoms with Crippen molar-refractivity contribution in [2.45, 2.75) is 25.9 Å². The Balaban J connectivity index is 1.72. The molecular formula is C14H21N3O4. The fraction of sp³-hybridized carbons (Fsp3) is 0.643. The van der Waals surface area contributed by atoms with Gasteiger partial charge in [0.2, 0.25) is 0 Å². The summed E-state index contributed by atoms with van der Waals surface area (Å²) < 4.78 is 9.68. The summed E-state index contributed by atoms with van der Waals surface area (Å²) in [7, 11) is 1.54. The predicted molar refractivity (Wildman–Crippen MR) is 74.6 cm³/mol. The summed E-state index contributed by atoms with van der Waals surface area (Å²) >= 11 is 0. The third-order valence-corrected chi connectivity index (χ3v) is 3.85. The summed E-state index contributed by atoms with van der Waals surface area (Å²) in [6, 6.07) is 1.53. The molecule has 1 N–H and O–H groups in total. The van der Waals surface area contributed by atoms with Crippen LogP contribution in [0.4, 0.5) is 0 Å². The zero-order chi connectivity index (χ0) is 15.2. The smallest absolute Gasteiger partial charge is 0.273 e. The van der Waals surface area contributed by atoms with Crippen LogP contribution in [0.25, 0.3) is 0 Å². The Morgan fingerprint density at radius 3 is 2.81 bits per heavy atom. The highest BCUT2D eigenvalue weighted by Crippen LogP contribution is 2.17. The number of methoxy groups -OCH3 is 1. The summed E-state index contributed by atoms with van der Waals surface area (Å²) in [4.78, 5) is 25.5. The average molecular weight is 295 g/mol. The van der Waals surface area contributed by atoms with Crippen LogP contribution in [0.1, 0.15) is 30.3 Å². The summed E-state index contributed by atoms with van der Waals surface area (Å²) in [5, 5.41) is 6.43. The van der Waals surface area contributed by atoms with Gasteiger partial charge in [-0.2, -0.15) is 0 Å². The predicted octanol–water partition coefficient (Wildman–Crippen LogP) is 0.678. The molecule has 0 radical (unpaired) electrons. The van der Waals surface area contributed by atoms with Gasteiger partial charge in [0.25, 0.3) is 11.8 Å². The molecule has 0 aliphatic carbocycles. The number of nitrogens with zero attached hydrogens (tertiary/aromatic N) is 2. The number of rotatable bonds is 5. The first kappa shape index (κ1) is 15.5. The van der Waals surface area contributed by atoms with Crippen molar-refractivity contribution in [3.63, 3.8) is 0 Å². The van der Waals surface area contributed by atoms with E-state index in [0.717, 1.165) is 12.8 Å². The number of carbonyl (C=O) groups is 2. The molecule has 1 aromatic rings. The molecule has 2 rings (SSSR count). The molecular weight excluding hydrogens is 274 g/mol. The van der Waals surface area contributed by atoms with E-state index in [1.165, 1.54) is 19.4 Å². The van der Waals surface area contributed by atoms with Gasteiger partial charge in [0.05, 0.1) is 0 Å². The number of nitrogens with one attached hydrogen (secondary N) is 1. The molecule has 1 aromatic heterocycles. The van der Waals surface area contributed by atoms with Gasteiger partial charge < -0.3 is 19.5 Å². The van der Waals surface area contributed by atoms with Crippen molar-refractivity contribution >= 4 is 11.8 Å². The lowest BCUT2D eigenvalue weighted by Crippen LogP contribution is -2.45. The van der Waals surface area contributed by atoms with Crippen molar-refractivity contribution in [2.75, 3.05) is 26.7 Å². The Morgan fingerprint density at radius 2 is 2.24 bits per heavy atom. The molecule has 2 amide bonds. The van der Waals surface area contributed by atoms with E-state index in [4.69, 9.17) is 4.74 Å². The molecule has 1 aliphatic rings. The van der Waals surface area contributed by atoms with E-state index >= 15 is 0 Å². The first-order valence-corrected chi connectivity index (χ1v) is 7.12. The van der Waals surface area contributed by atoms with Crippen LogP contribution >= 0.6 is 0 Å². The molecule has 116 valence electrons. The van der Waals surface area contributed by atoms with Crippen molar-refractivity contribution in [3.8, 4) is 0 Å². The summed E-state index contributed by atoms with van der Waals surface area (Å²) in [5.74, 6) is 0.181. The zero-order valence-electron chi connectivity index (χ0n) is 12.4. The van der Waals surface area contributed by atoms with E-state index in [-0.39, 0.29) is 17.5 Å². The lowest BCUT2D eigenvalue weighted by molar-refractivity contribution is -0.142. The van der Waals surface area contributed by atoms with Gasteiger partial charge in [-0.1, -0.05) is 5.16 Å². The molecule has 0 aromatic carbocycles. The molecule has 1 saturated heterocycles. The van der Waals surface area contributed by atoms with Gasteiger partial charge in [-0.15, -0.1) is 0 Å². The highest BCUT2D eigenvalue weighted by Gasteiger charge is 2.26. The van der Waals surface area contributed by atoms with Gasteiger partial charge in [0.1, 0.15) is 12.4 Å². The van der Waals surface area contributed by atoms with Crippen LogP contribution in [0.15, 0.2) is 16.9 Å². The minimum absolute atomic E-state index is 0.0302. The Kier molecular flexibility index (Phi) is 5.32. The van der Waals surface area contributed by atoms with E-state index in [2.05, 4.69) is 15.0 Å². The Labute approximate surface area is 123 Å². The molecule has 0 saturated carbocycles. The van der Waals surface area contributed by atoms with Crippen LogP contribution in [0.5, 0.6) is 0 Å². The van der Waals surface area contributed by atoms with Crippen LogP contribution in [0.2, 0.25) is 0 Å². The second kappa shape index (κ2) is 7.21. The maximum atomic E-state index is 12.0. The van der Waals surface area contributed by atoms with Crippen molar-refractivity contribution in [1.29, 1.82) is 0 Å². The number of hydrogen-bond acceptors (Lipinski definition) is 5. The van der Waals surface area contributed by atoms with Crippen LogP contribution < -0.4 is 5.32 Å². The largest absolute Gasteiger partial charge is 0.372 e. The molecule has 7 nitrogen and oxygen atoms in total. The van der Waals surface area contributed by atoms with Crippen LogP contribution in [-0.4, -0.2) is 54.7 Å². The van der Waals surface area contributed by atoms with E-state index < -0.39 is 6.10 Å². The van der Waals surface area contributed by atoms with E-state index in [1.807, 2.05) is 4.90 Å². The van der Waals surface area contributed by atoms with Gasteiger partial charge in [0.15, 0.2) is 5.69 Å².